The average molecular weight is 264 g/mol. The molecule has 100 valence electrons. The first-order valence-electron chi connectivity index (χ1n) is 6.54. The van der Waals surface area contributed by atoms with Gasteiger partial charge in [0.2, 0.25) is 0 Å². The molecule has 1 aromatic heterocycles. The lowest BCUT2D eigenvalue weighted by atomic mass is 10.1. The van der Waals surface area contributed by atoms with Gasteiger partial charge in [-0.2, -0.15) is 5.10 Å². The van der Waals surface area contributed by atoms with E-state index in [-0.39, 0.29) is 0 Å². The Labute approximate surface area is 118 Å². The second-order valence-corrected chi connectivity index (χ2v) is 4.72. The lowest BCUT2D eigenvalue weighted by Crippen LogP contribution is -1.87. The fourth-order valence-electron chi connectivity index (χ4n) is 2.27. The summed E-state index contributed by atoms with van der Waals surface area (Å²) in [5.74, 6) is 0.900. The van der Waals surface area contributed by atoms with Gasteiger partial charge in [0.1, 0.15) is 5.75 Å². The first-order chi connectivity index (χ1) is 9.78. The molecule has 0 saturated carbocycles. The highest BCUT2D eigenvalue weighted by molar-refractivity contribution is 5.69. The predicted molar refractivity (Wildman–Crippen MR) is 80.7 cm³/mol. The molecule has 0 saturated heterocycles. The van der Waals surface area contributed by atoms with Crippen LogP contribution in [0.25, 0.3) is 22.5 Å². The van der Waals surface area contributed by atoms with Crippen molar-refractivity contribution >= 4 is 0 Å². The highest BCUT2D eigenvalue weighted by atomic mass is 16.5. The van der Waals surface area contributed by atoms with Crippen LogP contribution >= 0.6 is 0 Å². The van der Waals surface area contributed by atoms with Crippen LogP contribution in [0.1, 0.15) is 5.56 Å². The summed E-state index contributed by atoms with van der Waals surface area (Å²) in [7, 11) is 1.69. The number of ether oxygens (including phenoxy) is 1. The number of hydrogen-bond acceptors (Lipinski definition) is 2. The minimum Gasteiger partial charge on any atom is -0.496 e. The second kappa shape index (κ2) is 5.21. The van der Waals surface area contributed by atoms with Crippen molar-refractivity contribution in [1.82, 2.24) is 10.2 Å². The molecular formula is C17H16N2O. The lowest BCUT2D eigenvalue weighted by molar-refractivity contribution is 0.412. The Morgan fingerprint density at radius 1 is 0.950 bits per heavy atom. The van der Waals surface area contributed by atoms with Gasteiger partial charge in [0.15, 0.2) is 0 Å². The molecule has 1 N–H and O–H groups in total. The fourth-order valence-corrected chi connectivity index (χ4v) is 2.27. The highest BCUT2D eigenvalue weighted by Gasteiger charge is 2.07. The lowest BCUT2D eigenvalue weighted by Gasteiger charge is -2.05. The van der Waals surface area contributed by atoms with Crippen molar-refractivity contribution in [2.75, 3.05) is 7.11 Å². The molecule has 0 fully saturated rings. The van der Waals surface area contributed by atoms with Crippen LogP contribution in [-0.2, 0) is 0 Å². The molecule has 0 spiro atoms. The van der Waals surface area contributed by atoms with Crippen LogP contribution in [-0.4, -0.2) is 17.3 Å². The van der Waals surface area contributed by atoms with Crippen molar-refractivity contribution in [3.8, 4) is 28.3 Å². The molecule has 0 aliphatic heterocycles. The van der Waals surface area contributed by atoms with E-state index in [0.29, 0.717) is 0 Å². The van der Waals surface area contributed by atoms with E-state index in [2.05, 4.69) is 34.5 Å². The van der Waals surface area contributed by atoms with E-state index < -0.39 is 0 Å². The van der Waals surface area contributed by atoms with E-state index in [1.54, 1.807) is 7.11 Å². The molecule has 3 aromatic rings. The van der Waals surface area contributed by atoms with Crippen LogP contribution in [0.15, 0.2) is 54.6 Å². The molecule has 0 aliphatic carbocycles. The van der Waals surface area contributed by atoms with Crippen molar-refractivity contribution < 1.29 is 4.74 Å². The van der Waals surface area contributed by atoms with Crippen LogP contribution in [0.3, 0.4) is 0 Å². The molecule has 0 bridgehead atoms. The number of nitrogens with one attached hydrogen (secondary N) is 1. The summed E-state index contributed by atoms with van der Waals surface area (Å²) in [4.78, 5) is 0. The number of aryl methyl sites for hydroxylation is 1. The summed E-state index contributed by atoms with van der Waals surface area (Å²) in [5.41, 5.74) is 5.29. The monoisotopic (exact) mass is 264 g/mol. The van der Waals surface area contributed by atoms with E-state index in [9.17, 15) is 0 Å². The Kier molecular flexibility index (Phi) is 3.25. The van der Waals surface area contributed by atoms with Crippen molar-refractivity contribution in [1.29, 1.82) is 0 Å². The molecule has 0 amide bonds. The van der Waals surface area contributed by atoms with Crippen molar-refractivity contribution in [2.24, 2.45) is 0 Å². The Morgan fingerprint density at radius 3 is 2.45 bits per heavy atom. The van der Waals surface area contributed by atoms with E-state index in [4.69, 9.17) is 4.74 Å². The molecule has 0 unspecified atom stereocenters. The van der Waals surface area contributed by atoms with Gasteiger partial charge in [-0.15, -0.1) is 0 Å². The Morgan fingerprint density at radius 2 is 1.75 bits per heavy atom. The third-order valence-corrected chi connectivity index (χ3v) is 3.35. The molecule has 0 aliphatic rings. The van der Waals surface area contributed by atoms with Gasteiger partial charge in [-0.3, -0.25) is 5.10 Å². The van der Waals surface area contributed by atoms with Crippen LogP contribution < -0.4 is 4.74 Å². The van der Waals surface area contributed by atoms with Crippen LogP contribution in [0.4, 0.5) is 0 Å². The third-order valence-electron chi connectivity index (χ3n) is 3.35. The van der Waals surface area contributed by atoms with Gasteiger partial charge >= 0.3 is 0 Å². The molecule has 2 aromatic carbocycles. The normalized spacial score (nSPS) is 10.5. The number of hydrogen-bond donors (Lipinski definition) is 1. The Bertz CT molecular complexity index is 717. The molecule has 3 rings (SSSR count). The zero-order valence-electron chi connectivity index (χ0n) is 11.6. The van der Waals surface area contributed by atoms with Gasteiger partial charge < -0.3 is 4.74 Å². The van der Waals surface area contributed by atoms with Crippen molar-refractivity contribution in [3.63, 3.8) is 0 Å². The van der Waals surface area contributed by atoms with Crippen molar-refractivity contribution in [2.45, 2.75) is 6.92 Å². The summed E-state index contributed by atoms with van der Waals surface area (Å²) >= 11 is 0. The van der Waals surface area contributed by atoms with E-state index >= 15 is 0 Å². The first-order valence-corrected chi connectivity index (χ1v) is 6.54. The van der Waals surface area contributed by atoms with Crippen molar-refractivity contribution in [3.05, 3.63) is 60.2 Å². The van der Waals surface area contributed by atoms with Crippen LogP contribution in [0.2, 0.25) is 0 Å². The topological polar surface area (TPSA) is 37.9 Å². The number of H-pyrrole nitrogens is 1. The number of rotatable bonds is 3. The maximum Gasteiger partial charge on any atom is 0.121 e. The number of benzene rings is 2. The maximum atomic E-state index is 5.28. The first kappa shape index (κ1) is 12.5. The molecule has 1 heterocycles. The number of methoxy groups -OCH3 is 1. The minimum atomic E-state index is 0.900. The summed E-state index contributed by atoms with van der Waals surface area (Å²) in [6.07, 6.45) is 0. The standard InChI is InChI=1S/C17H16N2O/c1-12-10-14(8-9-17(12)20-2)16-11-15(18-19-16)13-6-4-3-5-7-13/h3-11H,1-2H3,(H,18,19). The maximum absolute atomic E-state index is 5.28. The smallest absolute Gasteiger partial charge is 0.121 e. The second-order valence-electron chi connectivity index (χ2n) is 4.72. The zero-order valence-corrected chi connectivity index (χ0v) is 11.6. The molecule has 0 radical (unpaired) electrons. The van der Waals surface area contributed by atoms with E-state index in [0.717, 1.165) is 33.8 Å². The van der Waals surface area contributed by atoms with Gasteiger partial charge in [-0.1, -0.05) is 30.3 Å². The average Bonchev–Trinajstić information content (AvgIpc) is 2.98. The minimum absolute atomic E-state index is 0.900. The van der Waals surface area contributed by atoms with E-state index in [1.807, 2.05) is 37.3 Å². The molecule has 0 atom stereocenters. The molecule has 3 heteroatoms. The number of aromatic nitrogens is 2. The molecule has 20 heavy (non-hydrogen) atoms. The van der Waals surface area contributed by atoms with Crippen LogP contribution in [0.5, 0.6) is 5.75 Å². The summed E-state index contributed by atoms with van der Waals surface area (Å²) in [6, 6.07) is 18.3. The Hall–Kier alpha value is -2.55. The SMILES string of the molecule is COc1ccc(-c2cc(-c3ccccc3)n[nH]2)cc1C. The van der Waals surface area contributed by atoms with Gasteiger partial charge in [0.05, 0.1) is 18.5 Å². The van der Waals surface area contributed by atoms with E-state index in [1.165, 1.54) is 0 Å². The third kappa shape index (κ3) is 2.30. The predicted octanol–water partition coefficient (Wildman–Crippen LogP) is 4.06. The largest absolute Gasteiger partial charge is 0.496 e. The summed E-state index contributed by atoms with van der Waals surface area (Å²) in [6.45, 7) is 2.04. The quantitative estimate of drug-likeness (QED) is 0.774. The number of nitrogens with zero attached hydrogens (tertiary/aromatic N) is 1. The summed E-state index contributed by atoms with van der Waals surface area (Å²) in [5, 5.41) is 7.47. The van der Waals surface area contributed by atoms with Crippen LogP contribution in [0, 0.1) is 6.92 Å². The summed E-state index contributed by atoms with van der Waals surface area (Å²) < 4.78 is 5.28. The Balaban J connectivity index is 1.96. The number of aromatic amines is 1. The zero-order chi connectivity index (χ0) is 13.9. The van der Waals surface area contributed by atoms with Gasteiger partial charge in [0, 0.05) is 11.1 Å². The fraction of sp³-hybridized carbons (Fsp3) is 0.118. The van der Waals surface area contributed by atoms with Gasteiger partial charge in [0.25, 0.3) is 0 Å². The highest BCUT2D eigenvalue weighted by Crippen LogP contribution is 2.27. The molecular weight excluding hydrogens is 248 g/mol. The van der Waals surface area contributed by atoms with Gasteiger partial charge in [-0.05, 0) is 36.8 Å². The van der Waals surface area contributed by atoms with Gasteiger partial charge in [-0.25, -0.2) is 0 Å². The molecule has 3 nitrogen and oxygen atoms in total.